The van der Waals surface area contributed by atoms with Gasteiger partial charge in [0.2, 0.25) is 0 Å². The molecular formula is C19H30N2O. The van der Waals surface area contributed by atoms with E-state index in [4.69, 9.17) is 4.74 Å². The molecule has 2 aliphatic heterocycles. The molecule has 1 N–H and O–H groups in total. The average molecular weight is 302 g/mol. The summed E-state index contributed by atoms with van der Waals surface area (Å²) in [4.78, 5) is 2.61. The summed E-state index contributed by atoms with van der Waals surface area (Å²) >= 11 is 0. The van der Waals surface area contributed by atoms with Crippen molar-refractivity contribution in [3.05, 3.63) is 35.4 Å². The van der Waals surface area contributed by atoms with Gasteiger partial charge >= 0.3 is 0 Å². The summed E-state index contributed by atoms with van der Waals surface area (Å²) in [6.45, 7) is 7.59. The van der Waals surface area contributed by atoms with Crippen molar-refractivity contribution in [2.75, 3.05) is 26.3 Å². The van der Waals surface area contributed by atoms with E-state index in [1.807, 2.05) is 0 Å². The number of nitrogens with one attached hydrogen (secondary N) is 1. The number of hydrogen-bond donors (Lipinski definition) is 1. The Balaban J connectivity index is 1.49. The molecule has 0 aromatic heterocycles. The van der Waals surface area contributed by atoms with E-state index in [-0.39, 0.29) is 0 Å². The summed E-state index contributed by atoms with van der Waals surface area (Å²) in [6, 6.07) is 10.5. The lowest BCUT2D eigenvalue weighted by Crippen LogP contribution is -2.50. The van der Waals surface area contributed by atoms with Crippen LogP contribution < -0.4 is 5.32 Å². The standard InChI is InChI=1S/C19H30N2O/c1-2-16-5-7-17(8-6-16)14-21-11-3-4-19(15-21)20-18-9-12-22-13-10-18/h5-8,18-20H,2-4,9-15H2,1H3. The Hall–Kier alpha value is -0.900. The van der Waals surface area contributed by atoms with E-state index in [1.165, 1.54) is 49.9 Å². The minimum atomic E-state index is 0.659. The highest BCUT2D eigenvalue weighted by atomic mass is 16.5. The van der Waals surface area contributed by atoms with Crippen LogP contribution in [0.2, 0.25) is 0 Å². The highest BCUT2D eigenvalue weighted by Gasteiger charge is 2.23. The fraction of sp³-hybridized carbons (Fsp3) is 0.684. The van der Waals surface area contributed by atoms with Crippen LogP contribution in [0.5, 0.6) is 0 Å². The third-order valence-electron chi connectivity index (χ3n) is 5.04. The molecule has 3 rings (SSSR count). The first-order chi connectivity index (χ1) is 10.8. The Morgan fingerprint density at radius 1 is 1.05 bits per heavy atom. The van der Waals surface area contributed by atoms with E-state index >= 15 is 0 Å². The third-order valence-corrected chi connectivity index (χ3v) is 5.04. The molecule has 0 aliphatic carbocycles. The van der Waals surface area contributed by atoms with Crippen LogP contribution in [-0.2, 0) is 17.7 Å². The molecule has 1 aromatic rings. The molecule has 0 radical (unpaired) electrons. The molecule has 0 saturated carbocycles. The summed E-state index contributed by atoms with van der Waals surface area (Å²) < 4.78 is 5.46. The molecule has 2 heterocycles. The first-order valence-corrected chi connectivity index (χ1v) is 8.97. The Labute approximate surface area is 135 Å². The molecule has 1 unspecified atom stereocenters. The molecule has 1 atom stereocenters. The van der Waals surface area contributed by atoms with Crippen molar-refractivity contribution in [3.8, 4) is 0 Å². The van der Waals surface area contributed by atoms with Crippen molar-refractivity contribution in [1.29, 1.82) is 0 Å². The van der Waals surface area contributed by atoms with E-state index in [2.05, 4.69) is 41.4 Å². The molecule has 3 heteroatoms. The number of nitrogens with zero attached hydrogens (tertiary/aromatic N) is 1. The van der Waals surface area contributed by atoms with Crippen LogP contribution in [0.25, 0.3) is 0 Å². The first kappa shape index (κ1) is 16.0. The number of benzene rings is 1. The second kappa shape index (κ2) is 8.09. The lowest BCUT2D eigenvalue weighted by molar-refractivity contribution is 0.0690. The van der Waals surface area contributed by atoms with Crippen LogP contribution in [-0.4, -0.2) is 43.3 Å². The molecule has 2 fully saturated rings. The maximum atomic E-state index is 5.46. The van der Waals surface area contributed by atoms with E-state index < -0.39 is 0 Å². The maximum Gasteiger partial charge on any atom is 0.0480 e. The summed E-state index contributed by atoms with van der Waals surface area (Å²) in [5.74, 6) is 0. The minimum absolute atomic E-state index is 0.659. The lowest BCUT2D eigenvalue weighted by Gasteiger charge is -2.36. The van der Waals surface area contributed by atoms with Gasteiger partial charge in [-0.05, 0) is 49.8 Å². The predicted octanol–water partition coefficient (Wildman–Crippen LogP) is 2.98. The van der Waals surface area contributed by atoms with Gasteiger partial charge in [0, 0.05) is 38.4 Å². The quantitative estimate of drug-likeness (QED) is 0.905. The second-order valence-electron chi connectivity index (χ2n) is 6.80. The number of likely N-dealkylation sites (tertiary alicyclic amines) is 1. The van der Waals surface area contributed by atoms with Crippen LogP contribution in [0.4, 0.5) is 0 Å². The minimum Gasteiger partial charge on any atom is -0.381 e. The highest BCUT2D eigenvalue weighted by Crippen LogP contribution is 2.17. The Morgan fingerprint density at radius 3 is 2.50 bits per heavy atom. The Morgan fingerprint density at radius 2 is 1.77 bits per heavy atom. The molecule has 2 saturated heterocycles. The number of rotatable bonds is 5. The van der Waals surface area contributed by atoms with E-state index in [9.17, 15) is 0 Å². The summed E-state index contributed by atoms with van der Waals surface area (Å²) in [5, 5.41) is 3.87. The fourth-order valence-corrected chi connectivity index (χ4v) is 3.67. The first-order valence-electron chi connectivity index (χ1n) is 8.97. The van der Waals surface area contributed by atoms with Crippen molar-refractivity contribution < 1.29 is 4.74 Å². The fourth-order valence-electron chi connectivity index (χ4n) is 3.67. The molecule has 0 bridgehead atoms. The molecule has 2 aliphatic rings. The predicted molar refractivity (Wildman–Crippen MR) is 91.1 cm³/mol. The van der Waals surface area contributed by atoms with Gasteiger partial charge < -0.3 is 10.1 Å². The van der Waals surface area contributed by atoms with E-state index in [0.717, 1.165) is 26.2 Å². The zero-order valence-corrected chi connectivity index (χ0v) is 13.9. The smallest absolute Gasteiger partial charge is 0.0480 e. The van der Waals surface area contributed by atoms with Crippen molar-refractivity contribution >= 4 is 0 Å². The van der Waals surface area contributed by atoms with Crippen LogP contribution in [0.1, 0.15) is 43.7 Å². The molecule has 122 valence electrons. The van der Waals surface area contributed by atoms with Crippen LogP contribution in [0, 0.1) is 0 Å². The van der Waals surface area contributed by atoms with Gasteiger partial charge in [-0.3, -0.25) is 4.90 Å². The summed E-state index contributed by atoms with van der Waals surface area (Å²) in [7, 11) is 0. The van der Waals surface area contributed by atoms with Crippen LogP contribution >= 0.6 is 0 Å². The normalized spacial score (nSPS) is 24.5. The zero-order chi connectivity index (χ0) is 15.2. The molecule has 3 nitrogen and oxygen atoms in total. The van der Waals surface area contributed by atoms with Gasteiger partial charge in [-0.25, -0.2) is 0 Å². The number of ether oxygens (including phenoxy) is 1. The van der Waals surface area contributed by atoms with Crippen LogP contribution in [0.15, 0.2) is 24.3 Å². The van der Waals surface area contributed by atoms with Gasteiger partial charge in [-0.1, -0.05) is 31.2 Å². The maximum absolute atomic E-state index is 5.46. The van der Waals surface area contributed by atoms with Gasteiger partial charge in [0.1, 0.15) is 0 Å². The lowest BCUT2D eigenvalue weighted by atomic mass is 10.0. The van der Waals surface area contributed by atoms with Gasteiger partial charge in [-0.2, -0.15) is 0 Å². The van der Waals surface area contributed by atoms with Crippen molar-refractivity contribution in [2.24, 2.45) is 0 Å². The second-order valence-corrected chi connectivity index (χ2v) is 6.80. The average Bonchev–Trinajstić information content (AvgIpc) is 2.57. The SMILES string of the molecule is CCc1ccc(CN2CCCC(NC3CCOCC3)C2)cc1. The zero-order valence-electron chi connectivity index (χ0n) is 13.9. The summed E-state index contributed by atoms with van der Waals surface area (Å²) in [6.07, 6.45) is 6.11. The summed E-state index contributed by atoms with van der Waals surface area (Å²) in [5.41, 5.74) is 2.88. The Bertz CT molecular complexity index is 439. The number of aryl methyl sites for hydroxylation is 1. The highest BCUT2D eigenvalue weighted by molar-refractivity contribution is 5.22. The van der Waals surface area contributed by atoms with Crippen molar-refractivity contribution in [2.45, 2.75) is 57.7 Å². The third kappa shape index (κ3) is 4.55. The monoisotopic (exact) mass is 302 g/mol. The molecule has 0 spiro atoms. The van der Waals surface area contributed by atoms with E-state index in [0.29, 0.717) is 12.1 Å². The van der Waals surface area contributed by atoms with E-state index in [1.54, 1.807) is 0 Å². The largest absolute Gasteiger partial charge is 0.381 e. The molecular weight excluding hydrogens is 272 g/mol. The van der Waals surface area contributed by atoms with Crippen molar-refractivity contribution in [3.63, 3.8) is 0 Å². The Kier molecular flexibility index (Phi) is 5.88. The molecule has 22 heavy (non-hydrogen) atoms. The molecule has 1 aromatic carbocycles. The number of hydrogen-bond acceptors (Lipinski definition) is 3. The van der Waals surface area contributed by atoms with Gasteiger partial charge in [0.25, 0.3) is 0 Å². The number of piperidine rings is 1. The van der Waals surface area contributed by atoms with Gasteiger partial charge in [0.05, 0.1) is 0 Å². The van der Waals surface area contributed by atoms with Gasteiger partial charge in [-0.15, -0.1) is 0 Å². The molecule has 0 amide bonds. The van der Waals surface area contributed by atoms with Crippen LogP contribution in [0.3, 0.4) is 0 Å². The topological polar surface area (TPSA) is 24.5 Å². The van der Waals surface area contributed by atoms with Gasteiger partial charge in [0.15, 0.2) is 0 Å². The van der Waals surface area contributed by atoms with Crippen molar-refractivity contribution in [1.82, 2.24) is 10.2 Å².